The second-order valence-corrected chi connectivity index (χ2v) is 5.56. The van der Waals surface area contributed by atoms with Crippen molar-refractivity contribution < 1.29 is 9.53 Å². The van der Waals surface area contributed by atoms with Crippen molar-refractivity contribution in [2.45, 2.75) is 38.4 Å². The largest absolute Gasteiger partial charge is 0.468 e. The third kappa shape index (κ3) is 4.55. The van der Waals surface area contributed by atoms with Gasteiger partial charge in [-0.05, 0) is 27.1 Å². The number of likely N-dealkylation sites (N-methyl/N-ethyl adjacent to an activating group) is 1. The highest BCUT2D eigenvalue weighted by molar-refractivity contribution is 5.76. The summed E-state index contributed by atoms with van der Waals surface area (Å²) >= 11 is 0. The highest BCUT2D eigenvalue weighted by atomic mass is 16.5. The molecule has 0 spiro atoms. The van der Waals surface area contributed by atoms with Gasteiger partial charge in [-0.2, -0.15) is 0 Å². The lowest BCUT2D eigenvalue weighted by Gasteiger charge is -2.25. The zero-order valence-corrected chi connectivity index (χ0v) is 12.3. The van der Waals surface area contributed by atoms with Crippen LogP contribution in [0.15, 0.2) is 0 Å². The Bertz CT molecular complexity index is 269. The van der Waals surface area contributed by atoms with Gasteiger partial charge in [0.05, 0.1) is 7.11 Å². The van der Waals surface area contributed by atoms with Gasteiger partial charge in [-0.1, -0.05) is 13.8 Å². The second kappa shape index (κ2) is 7.07. The number of nitrogens with one attached hydrogen (secondary N) is 1. The second-order valence-electron chi connectivity index (χ2n) is 5.56. The normalized spacial score (nSPS) is 22.7. The highest BCUT2D eigenvalue weighted by Gasteiger charge is 2.29. The molecule has 5 nitrogen and oxygen atoms in total. The first kappa shape index (κ1) is 15.4. The van der Waals surface area contributed by atoms with Gasteiger partial charge in [-0.3, -0.25) is 9.69 Å². The Kier molecular flexibility index (Phi) is 6.05. The van der Waals surface area contributed by atoms with Gasteiger partial charge in [0.15, 0.2) is 0 Å². The van der Waals surface area contributed by atoms with Gasteiger partial charge in [0.1, 0.15) is 6.04 Å². The minimum absolute atomic E-state index is 0.169. The van der Waals surface area contributed by atoms with E-state index in [0.29, 0.717) is 6.04 Å². The number of carbonyl (C=O) groups excluding carboxylic acids is 1. The molecule has 2 atom stereocenters. The zero-order valence-electron chi connectivity index (χ0n) is 12.3. The standard InChI is InChI=1S/C13H27N3O2/c1-10(2)14-12(13(17)18-5)9-16-7-6-11(8-16)15(3)4/h10-12,14H,6-9H2,1-5H3. The minimum Gasteiger partial charge on any atom is -0.468 e. The van der Waals surface area contributed by atoms with Gasteiger partial charge in [0, 0.05) is 25.2 Å². The summed E-state index contributed by atoms with van der Waals surface area (Å²) in [7, 11) is 5.67. The van der Waals surface area contributed by atoms with Gasteiger partial charge in [0.2, 0.25) is 0 Å². The average Bonchev–Trinajstić information content (AvgIpc) is 2.75. The highest BCUT2D eigenvalue weighted by Crippen LogP contribution is 2.13. The van der Waals surface area contributed by atoms with E-state index >= 15 is 0 Å². The van der Waals surface area contributed by atoms with Gasteiger partial charge in [-0.15, -0.1) is 0 Å². The average molecular weight is 257 g/mol. The van der Waals surface area contributed by atoms with Crippen molar-refractivity contribution in [2.24, 2.45) is 0 Å². The monoisotopic (exact) mass is 257 g/mol. The van der Waals surface area contributed by atoms with Crippen molar-refractivity contribution in [3.8, 4) is 0 Å². The van der Waals surface area contributed by atoms with Crippen LogP contribution >= 0.6 is 0 Å². The first-order chi connectivity index (χ1) is 8.43. The number of methoxy groups -OCH3 is 1. The predicted molar refractivity (Wildman–Crippen MR) is 72.6 cm³/mol. The van der Waals surface area contributed by atoms with Crippen molar-refractivity contribution in [3.05, 3.63) is 0 Å². The summed E-state index contributed by atoms with van der Waals surface area (Å²) < 4.78 is 4.86. The number of hydrogen-bond acceptors (Lipinski definition) is 5. The van der Waals surface area contributed by atoms with Crippen LogP contribution in [0, 0.1) is 0 Å². The molecule has 0 aromatic rings. The van der Waals surface area contributed by atoms with Crippen molar-refractivity contribution in [1.29, 1.82) is 0 Å². The molecule has 1 fully saturated rings. The third-order valence-electron chi connectivity index (χ3n) is 3.44. The number of hydrogen-bond donors (Lipinski definition) is 1. The number of nitrogens with zero attached hydrogens (tertiary/aromatic N) is 2. The Morgan fingerprint density at radius 2 is 2.17 bits per heavy atom. The molecule has 1 rings (SSSR count). The lowest BCUT2D eigenvalue weighted by atomic mass is 10.2. The van der Waals surface area contributed by atoms with Crippen LogP contribution in [0.4, 0.5) is 0 Å². The molecule has 2 unspecified atom stereocenters. The molecular weight excluding hydrogens is 230 g/mol. The van der Waals surface area contributed by atoms with E-state index in [2.05, 4.69) is 29.2 Å². The maximum absolute atomic E-state index is 11.7. The van der Waals surface area contributed by atoms with E-state index in [1.807, 2.05) is 13.8 Å². The third-order valence-corrected chi connectivity index (χ3v) is 3.44. The molecule has 1 N–H and O–H groups in total. The van der Waals surface area contributed by atoms with Crippen LogP contribution in [0.3, 0.4) is 0 Å². The Balaban J connectivity index is 2.49. The van der Waals surface area contributed by atoms with E-state index in [1.54, 1.807) is 0 Å². The molecule has 1 aliphatic rings. The maximum Gasteiger partial charge on any atom is 0.324 e. The van der Waals surface area contributed by atoms with Gasteiger partial charge < -0.3 is 15.0 Å². The van der Waals surface area contributed by atoms with Crippen LogP contribution < -0.4 is 5.32 Å². The van der Waals surface area contributed by atoms with Crippen LogP contribution in [0.1, 0.15) is 20.3 Å². The fraction of sp³-hybridized carbons (Fsp3) is 0.923. The summed E-state index contributed by atoms with van der Waals surface area (Å²) in [5.74, 6) is -0.169. The molecule has 0 saturated carbocycles. The smallest absolute Gasteiger partial charge is 0.324 e. The topological polar surface area (TPSA) is 44.8 Å². The van der Waals surface area contributed by atoms with Crippen LogP contribution in [0.5, 0.6) is 0 Å². The minimum atomic E-state index is -0.226. The first-order valence-corrected chi connectivity index (χ1v) is 6.66. The van der Waals surface area contributed by atoms with Gasteiger partial charge >= 0.3 is 5.97 Å². The maximum atomic E-state index is 11.7. The summed E-state index contributed by atoms with van der Waals surface area (Å²) in [5, 5.41) is 3.27. The van der Waals surface area contributed by atoms with E-state index < -0.39 is 0 Å². The number of esters is 1. The lowest BCUT2D eigenvalue weighted by Crippen LogP contribution is -2.49. The molecule has 0 amide bonds. The summed E-state index contributed by atoms with van der Waals surface area (Å²) in [4.78, 5) is 16.3. The Hall–Kier alpha value is -0.650. The molecule has 1 aliphatic heterocycles. The van der Waals surface area contributed by atoms with E-state index in [1.165, 1.54) is 13.5 Å². The molecule has 1 heterocycles. The van der Waals surface area contributed by atoms with Crippen molar-refractivity contribution in [3.63, 3.8) is 0 Å². The Morgan fingerprint density at radius 1 is 1.50 bits per heavy atom. The molecular formula is C13H27N3O2. The van der Waals surface area contributed by atoms with Crippen LogP contribution in [-0.4, -0.2) is 74.7 Å². The number of likely N-dealkylation sites (tertiary alicyclic amines) is 1. The van der Waals surface area contributed by atoms with Crippen molar-refractivity contribution >= 4 is 5.97 Å². The molecule has 0 aliphatic carbocycles. The molecule has 0 aromatic carbocycles. The SMILES string of the molecule is COC(=O)C(CN1CCC(N(C)C)C1)NC(C)C. The quantitative estimate of drug-likeness (QED) is 0.687. The van der Waals surface area contributed by atoms with E-state index in [9.17, 15) is 4.79 Å². The number of rotatable bonds is 6. The molecule has 0 bridgehead atoms. The zero-order chi connectivity index (χ0) is 13.7. The number of carbonyl (C=O) groups is 1. The van der Waals surface area contributed by atoms with Crippen LogP contribution in [0.25, 0.3) is 0 Å². The molecule has 1 saturated heterocycles. The molecule has 18 heavy (non-hydrogen) atoms. The van der Waals surface area contributed by atoms with Crippen molar-refractivity contribution in [2.75, 3.05) is 40.8 Å². The van der Waals surface area contributed by atoms with E-state index in [-0.39, 0.29) is 18.1 Å². The summed E-state index contributed by atoms with van der Waals surface area (Å²) in [5.41, 5.74) is 0. The van der Waals surface area contributed by atoms with Gasteiger partial charge in [-0.25, -0.2) is 0 Å². The molecule has 0 aromatic heterocycles. The summed E-state index contributed by atoms with van der Waals surface area (Å²) in [6.07, 6.45) is 1.17. The lowest BCUT2D eigenvalue weighted by molar-refractivity contribution is -0.143. The molecule has 5 heteroatoms. The predicted octanol–water partition coefficient (Wildman–Crippen LogP) is 0.162. The fourth-order valence-corrected chi connectivity index (χ4v) is 2.40. The van der Waals surface area contributed by atoms with Crippen LogP contribution in [-0.2, 0) is 9.53 Å². The summed E-state index contributed by atoms with van der Waals surface area (Å²) in [6.45, 7) is 6.90. The number of ether oxygens (including phenoxy) is 1. The molecule has 0 radical (unpaired) electrons. The van der Waals surface area contributed by atoms with Gasteiger partial charge in [0.25, 0.3) is 0 Å². The van der Waals surface area contributed by atoms with Crippen molar-refractivity contribution in [1.82, 2.24) is 15.1 Å². The Morgan fingerprint density at radius 3 is 2.61 bits per heavy atom. The van der Waals surface area contributed by atoms with Crippen LogP contribution in [0.2, 0.25) is 0 Å². The molecule has 106 valence electrons. The van der Waals surface area contributed by atoms with E-state index in [4.69, 9.17) is 4.74 Å². The first-order valence-electron chi connectivity index (χ1n) is 6.66. The van der Waals surface area contributed by atoms with E-state index in [0.717, 1.165) is 19.6 Å². The summed E-state index contributed by atoms with van der Waals surface area (Å²) in [6, 6.07) is 0.652. The fourth-order valence-electron chi connectivity index (χ4n) is 2.40. The Labute approximate surface area is 110 Å².